The van der Waals surface area contributed by atoms with Crippen molar-refractivity contribution in [1.29, 1.82) is 0 Å². The van der Waals surface area contributed by atoms with Crippen LogP contribution in [0.5, 0.6) is 0 Å². The van der Waals surface area contributed by atoms with Crippen molar-refractivity contribution in [2.24, 2.45) is 0 Å². The molecule has 3 heterocycles. The quantitative estimate of drug-likeness (QED) is 0.555. The van der Waals surface area contributed by atoms with Crippen molar-refractivity contribution < 1.29 is 4.79 Å². The second kappa shape index (κ2) is 7.97. The van der Waals surface area contributed by atoms with Crippen LogP contribution in [0.25, 0.3) is 22.4 Å². The zero-order valence-corrected chi connectivity index (χ0v) is 15.4. The number of thiophene rings is 1. The summed E-state index contributed by atoms with van der Waals surface area (Å²) in [6.07, 6.45) is 5.44. The molecular weight excluding hydrogens is 356 g/mol. The van der Waals surface area contributed by atoms with Gasteiger partial charge < -0.3 is 5.32 Å². The fraction of sp³-hybridized carbons (Fsp3) is 0.0952. The molecule has 0 spiro atoms. The fourth-order valence-electron chi connectivity index (χ4n) is 2.80. The molecule has 0 saturated heterocycles. The molecule has 0 unspecified atom stereocenters. The van der Waals surface area contributed by atoms with E-state index in [0.29, 0.717) is 6.54 Å². The van der Waals surface area contributed by atoms with Gasteiger partial charge in [0.15, 0.2) is 0 Å². The summed E-state index contributed by atoms with van der Waals surface area (Å²) in [7, 11) is 0. The number of carbonyl (C=O) groups excluding carboxylic acids is 1. The Morgan fingerprint density at radius 1 is 1.04 bits per heavy atom. The lowest BCUT2D eigenvalue weighted by atomic mass is 10.0. The number of nitrogens with zero attached hydrogens (tertiary/aromatic N) is 3. The number of amides is 1. The molecule has 27 heavy (non-hydrogen) atoms. The molecule has 4 rings (SSSR count). The predicted molar refractivity (Wildman–Crippen MR) is 107 cm³/mol. The highest BCUT2D eigenvalue weighted by Gasteiger charge is 2.08. The number of aromatic nitrogens is 3. The Morgan fingerprint density at radius 2 is 1.93 bits per heavy atom. The van der Waals surface area contributed by atoms with E-state index in [-0.39, 0.29) is 12.5 Å². The number of nitrogens with one attached hydrogen (secondary N) is 1. The van der Waals surface area contributed by atoms with Gasteiger partial charge in [0.2, 0.25) is 5.91 Å². The SMILES string of the molecule is O=C(Cn1ccc(-c2cccc(-c3cccnc3)c2)n1)NCc1cccs1. The summed E-state index contributed by atoms with van der Waals surface area (Å²) in [5.41, 5.74) is 4.00. The van der Waals surface area contributed by atoms with Crippen LogP contribution in [0.4, 0.5) is 0 Å². The van der Waals surface area contributed by atoms with Crippen LogP contribution in [-0.4, -0.2) is 20.7 Å². The van der Waals surface area contributed by atoms with Gasteiger partial charge in [-0.15, -0.1) is 11.3 Å². The van der Waals surface area contributed by atoms with E-state index in [0.717, 1.165) is 27.3 Å². The number of benzene rings is 1. The van der Waals surface area contributed by atoms with E-state index in [1.807, 2.05) is 60.2 Å². The maximum atomic E-state index is 12.1. The number of hydrogen-bond donors (Lipinski definition) is 1. The molecule has 0 atom stereocenters. The van der Waals surface area contributed by atoms with E-state index in [1.54, 1.807) is 22.2 Å². The average molecular weight is 374 g/mol. The second-order valence-corrected chi connectivity index (χ2v) is 7.11. The molecule has 0 aliphatic carbocycles. The van der Waals surface area contributed by atoms with E-state index >= 15 is 0 Å². The first-order valence-electron chi connectivity index (χ1n) is 8.61. The molecule has 5 nitrogen and oxygen atoms in total. The Kier molecular flexibility index (Phi) is 5.07. The van der Waals surface area contributed by atoms with E-state index in [1.165, 1.54) is 0 Å². The van der Waals surface area contributed by atoms with Crippen LogP contribution < -0.4 is 5.32 Å². The molecule has 1 aromatic carbocycles. The minimum absolute atomic E-state index is 0.0536. The first-order chi connectivity index (χ1) is 13.3. The van der Waals surface area contributed by atoms with Gasteiger partial charge in [0, 0.05) is 34.6 Å². The number of carbonyl (C=O) groups is 1. The molecule has 134 valence electrons. The zero-order chi connectivity index (χ0) is 18.5. The van der Waals surface area contributed by atoms with Crippen molar-refractivity contribution in [3.8, 4) is 22.4 Å². The van der Waals surface area contributed by atoms with E-state index < -0.39 is 0 Å². The summed E-state index contributed by atoms with van der Waals surface area (Å²) in [5, 5.41) is 9.46. The van der Waals surface area contributed by atoms with E-state index in [9.17, 15) is 4.79 Å². The summed E-state index contributed by atoms with van der Waals surface area (Å²) >= 11 is 1.63. The van der Waals surface area contributed by atoms with Crippen LogP contribution in [0.3, 0.4) is 0 Å². The maximum Gasteiger partial charge on any atom is 0.242 e. The topological polar surface area (TPSA) is 59.8 Å². The van der Waals surface area contributed by atoms with Crippen molar-refractivity contribution in [2.45, 2.75) is 13.1 Å². The average Bonchev–Trinajstić information content (AvgIpc) is 3.39. The molecule has 0 bridgehead atoms. The number of pyridine rings is 1. The van der Waals surface area contributed by atoms with Crippen molar-refractivity contribution in [3.63, 3.8) is 0 Å². The largest absolute Gasteiger partial charge is 0.350 e. The van der Waals surface area contributed by atoms with Gasteiger partial charge in [-0.1, -0.05) is 30.3 Å². The molecule has 0 radical (unpaired) electrons. The Morgan fingerprint density at radius 3 is 2.74 bits per heavy atom. The smallest absolute Gasteiger partial charge is 0.242 e. The molecule has 0 saturated carbocycles. The van der Waals surface area contributed by atoms with Crippen molar-refractivity contribution in [2.75, 3.05) is 0 Å². The third kappa shape index (κ3) is 4.30. The Hall–Kier alpha value is -3.25. The van der Waals surface area contributed by atoms with Crippen molar-refractivity contribution in [3.05, 3.63) is 83.4 Å². The standard InChI is InChI=1S/C21H18N4OS/c26-21(23-14-19-7-3-11-27-19)15-25-10-8-20(24-25)17-5-1-4-16(12-17)18-6-2-9-22-13-18/h1-13H,14-15H2,(H,23,26). The second-order valence-electron chi connectivity index (χ2n) is 6.08. The van der Waals surface area contributed by atoms with Crippen LogP contribution in [0.2, 0.25) is 0 Å². The Bertz CT molecular complexity index is 1030. The lowest BCUT2D eigenvalue weighted by Gasteiger charge is -2.05. The molecule has 0 aliphatic heterocycles. The highest BCUT2D eigenvalue weighted by molar-refractivity contribution is 7.09. The highest BCUT2D eigenvalue weighted by Crippen LogP contribution is 2.24. The minimum Gasteiger partial charge on any atom is -0.350 e. The van der Waals surface area contributed by atoms with Gasteiger partial charge in [-0.3, -0.25) is 14.5 Å². The molecule has 1 N–H and O–H groups in total. The molecule has 1 amide bonds. The van der Waals surface area contributed by atoms with Gasteiger partial charge in [0.05, 0.1) is 12.2 Å². The summed E-state index contributed by atoms with van der Waals surface area (Å²) < 4.78 is 1.66. The van der Waals surface area contributed by atoms with Crippen molar-refractivity contribution in [1.82, 2.24) is 20.1 Å². The summed E-state index contributed by atoms with van der Waals surface area (Å²) in [6, 6.07) is 18.0. The fourth-order valence-corrected chi connectivity index (χ4v) is 3.44. The molecule has 3 aromatic heterocycles. The van der Waals surface area contributed by atoms with Crippen LogP contribution in [0.15, 0.2) is 78.6 Å². The normalized spacial score (nSPS) is 10.7. The van der Waals surface area contributed by atoms with Crippen LogP contribution >= 0.6 is 11.3 Å². The van der Waals surface area contributed by atoms with Gasteiger partial charge in [-0.2, -0.15) is 5.10 Å². The summed E-state index contributed by atoms with van der Waals surface area (Å²) in [6.45, 7) is 0.755. The number of rotatable bonds is 6. The van der Waals surface area contributed by atoms with Crippen LogP contribution in [0.1, 0.15) is 4.88 Å². The van der Waals surface area contributed by atoms with E-state index in [2.05, 4.69) is 27.5 Å². The zero-order valence-electron chi connectivity index (χ0n) is 14.6. The van der Waals surface area contributed by atoms with E-state index in [4.69, 9.17) is 0 Å². The molecule has 4 aromatic rings. The summed E-state index contributed by atoms with van der Waals surface area (Å²) in [5.74, 6) is -0.0536. The predicted octanol–water partition coefficient (Wildman–Crippen LogP) is 3.99. The first kappa shape index (κ1) is 17.2. The maximum absolute atomic E-state index is 12.1. The van der Waals surface area contributed by atoms with Crippen LogP contribution in [0, 0.1) is 0 Å². The molecule has 0 fully saturated rings. The van der Waals surface area contributed by atoms with Crippen LogP contribution in [-0.2, 0) is 17.9 Å². The molecule has 6 heteroatoms. The Labute approximate surface area is 161 Å². The van der Waals surface area contributed by atoms with Crippen molar-refractivity contribution >= 4 is 17.2 Å². The highest BCUT2D eigenvalue weighted by atomic mass is 32.1. The lowest BCUT2D eigenvalue weighted by molar-refractivity contribution is -0.122. The first-order valence-corrected chi connectivity index (χ1v) is 9.49. The third-order valence-electron chi connectivity index (χ3n) is 4.14. The summed E-state index contributed by atoms with van der Waals surface area (Å²) in [4.78, 5) is 17.4. The van der Waals surface area contributed by atoms with Gasteiger partial charge in [-0.05, 0) is 35.2 Å². The monoisotopic (exact) mass is 374 g/mol. The van der Waals surface area contributed by atoms with Gasteiger partial charge in [-0.25, -0.2) is 0 Å². The van der Waals surface area contributed by atoms with Gasteiger partial charge in [0.25, 0.3) is 0 Å². The minimum atomic E-state index is -0.0536. The molecule has 0 aliphatic rings. The van der Waals surface area contributed by atoms with Gasteiger partial charge in [0.1, 0.15) is 6.54 Å². The number of hydrogen-bond acceptors (Lipinski definition) is 4. The third-order valence-corrected chi connectivity index (χ3v) is 5.02. The Balaban J connectivity index is 1.44. The lowest BCUT2D eigenvalue weighted by Crippen LogP contribution is -2.26. The molecular formula is C21H18N4OS. The van der Waals surface area contributed by atoms with Gasteiger partial charge >= 0.3 is 0 Å².